The number of hydrogen-bond donors (Lipinski definition) is 0. The first-order chi connectivity index (χ1) is 10.4. The van der Waals surface area contributed by atoms with Crippen molar-refractivity contribution in [3.05, 3.63) is 53.9 Å². The number of hydrogen-bond acceptors (Lipinski definition) is 4. The molecule has 0 saturated carbocycles. The zero-order chi connectivity index (χ0) is 15.9. The summed E-state index contributed by atoms with van der Waals surface area (Å²) >= 11 is 0. The summed E-state index contributed by atoms with van der Waals surface area (Å²) in [6.45, 7) is 3.58. The van der Waals surface area contributed by atoms with Crippen LogP contribution in [0.2, 0.25) is 0 Å². The van der Waals surface area contributed by atoms with Gasteiger partial charge < -0.3 is 4.74 Å². The van der Waals surface area contributed by atoms with Gasteiger partial charge in [-0.3, -0.25) is 0 Å². The Labute approximate surface area is 129 Å². The Kier molecular flexibility index (Phi) is 3.41. The van der Waals surface area contributed by atoms with Crippen LogP contribution in [0.15, 0.2) is 47.6 Å². The fourth-order valence-corrected chi connectivity index (χ4v) is 4.08. The lowest BCUT2D eigenvalue weighted by Gasteiger charge is -2.13. The number of rotatable bonds is 3. The first-order valence-corrected chi connectivity index (χ1v) is 8.22. The molecule has 1 heterocycles. The molecule has 0 N–H and O–H groups in total. The highest BCUT2D eigenvalue weighted by molar-refractivity contribution is 7.90. The third-order valence-corrected chi connectivity index (χ3v) is 5.45. The molecule has 0 saturated heterocycles. The largest absolute Gasteiger partial charge is 0.496 e. The van der Waals surface area contributed by atoms with Crippen LogP contribution in [-0.2, 0) is 10.0 Å². The fourth-order valence-electron chi connectivity index (χ4n) is 2.50. The van der Waals surface area contributed by atoms with Crippen LogP contribution in [0, 0.1) is 13.8 Å². The van der Waals surface area contributed by atoms with Crippen molar-refractivity contribution < 1.29 is 13.2 Å². The van der Waals surface area contributed by atoms with Gasteiger partial charge in [-0.05, 0) is 49.2 Å². The standard InChI is InChI=1S/C16H16N2O3S/c1-11-9-16(12(2)8-15(11)21-3)22(19,20)18-10-17-13-6-4-5-7-14(13)18/h4-10H,1-3H3. The molecular weight excluding hydrogens is 300 g/mol. The summed E-state index contributed by atoms with van der Waals surface area (Å²) in [5.41, 5.74) is 2.63. The SMILES string of the molecule is COc1cc(C)c(S(=O)(=O)n2cnc3ccccc32)cc1C. The topological polar surface area (TPSA) is 61.2 Å². The third kappa shape index (κ3) is 2.16. The summed E-state index contributed by atoms with van der Waals surface area (Å²) in [5.74, 6) is 0.673. The van der Waals surface area contributed by atoms with E-state index in [1.54, 1.807) is 44.4 Å². The number of imidazole rings is 1. The highest BCUT2D eigenvalue weighted by Crippen LogP contribution is 2.28. The average Bonchev–Trinajstić information content (AvgIpc) is 2.93. The van der Waals surface area contributed by atoms with Crippen molar-refractivity contribution in [1.29, 1.82) is 0 Å². The molecule has 1 aromatic heterocycles. The van der Waals surface area contributed by atoms with Gasteiger partial charge in [0.05, 0.1) is 23.0 Å². The first-order valence-electron chi connectivity index (χ1n) is 6.78. The maximum absolute atomic E-state index is 13.0. The van der Waals surface area contributed by atoms with E-state index in [1.165, 1.54) is 10.3 Å². The van der Waals surface area contributed by atoms with Gasteiger partial charge in [0.1, 0.15) is 12.1 Å². The van der Waals surface area contributed by atoms with Crippen molar-refractivity contribution in [2.24, 2.45) is 0 Å². The van der Waals surface area contributed by atoms with Crippen molar-refractivity contribution in [1.82, 2.24) is 8.96 Å². The molecule has 5 nitrogen and oxygen atoms in total. The second-order valence-electron chi connectivity index (χ2n) is 5.12. The van der Waals surface area contributed by atoms with E-state index in [2.05, 4.69) is 4.98 Å². The number of aryl methyl sites for hydroxylation is 2. The Morgan fingerprint density at radius 2 is 1.82 bits per heavy atom. The van der Waals surface area contributed by atoms with E-state index in [4.69, 9.17) is 4.74 Å². The molecule has 0 aliphatic heterocycles. The molecule has 0 spiro atoms. The molecule has 0 bridgehead atoms. The molecule has 0 aliphatic rings. The van der Waals surface area contributed by atoms with Gasteiger partial charge in [-0.15, -0.1) is 0 Å². The zero-order valence-corrected chi connectivity index (χ0v) is 13.4. The number of ether oxygens (including phenoxy) is 1. The Hall–Kier alpha value is -2.34. The van der Waals surface area contributed by atoms with E-state index in [1.807, 2.05) is 13.0 Å². The normalized spacial score (nSPS) is 11.8. The highest BCUT2D eigenvalue weighted by Gasteiger charge is 2.22. The first kappa shape index (κ1) is 14.6. The number of benzene rings is 2. The van der Waals surface area contributed by atoms with Crippen molar-refractivity contribution >= 4 is 21.1 Å². The summed E-state index contributed by atoms with van der Waals surface area (Å²) in [7, 11) is -2.13. The minimum atomic E-state index is -3.70. The van der Waals surface area contributed by atoms with Crippen LogP contribution in [0.3, 0.4) is 0 Å². The second-order valence-corrected chi connectivity index (χ2v) is 6.90. The van der Waals surface area contributed by atoms with Crippen molar-refractivity contribution in [3.63, 3.8) is 0 Å². The number of methoxy groups -OCH3 is 1. The summed E-state index contributed by atoms with van der Waals surface area (Å²) in [5, 5.41) is 0. The highest BCUT2D eigenvalue weighted by atomic mass is 32.2. The Bertz CT molecular complexity index is 959. The lowest BCUT2D eigenvalue weighted by molar-refractivity contribution is 0.411. The zero-order valence-electron chi connectivity index (χ0n) is 12.6. The molecule has 0 amide bonds. The number of aromatic nitrogens is 2. The van der Waals surface area contributed by atoms with Gasteiger partial charge in [-0.2, -0.15) is 0 Å². The summed E-state index contributed by atoms with van der Waals surface area (Å²) < 4.78 is 32.4. The van der Waals surface area contributed by atoms with Gasteiger partial charge in [0.2, 0.25) is 0 Å². The Morgan fingerprint density at radius 1 is 1.09 bits per heavy atom. The third-order valence-electron chi connectivity index (χ3n) is 3.65. The van der Waals surface area contributed by atoms with E-state index in [0.717, 1.165) is 5.56 Å². The van der Waals surface area contributed by atoms with Crippen molar-refractivity contribution in [3.8, 4) is 5.75 Å². The monoisotopic (exact) mass is 316 g/mol. The fraction of sp³-hybridized carbons (Fsp3) is 0.188. The Balaban J connectivity index is 2.25. The predicted octanol–water partition coefficient (Wildman–Crippen LogP) is 2.90. The van der Waals surface area contributed by atoms with Crippen LogP contribution in [0.25, 0.3) is 11.0 Å². The van der Waals surface area contributed by atoms with E-state index in [0.29, 0.717) is 22.3 Å². The molecule has 22 heavy (non-hydrogen) atoms. The van der Waals surface area contributed by atoms with E-state index >= 15 is 0 Å². The molecular formula is C16H16N2O3S. The molecule has 0 unspecified atom stereocenters. The molecule has 114 valence electrons. The smallest absolute Gasteiger partial charge is 0.269 e. The maximum atomic E-state index is 13.0. The molecule has 0 aliphatic carbocycles. The van der Waals surface area contributed by atoms with E-state index in [9.17, 15) is 8.42 Å². The molecule has 2 aromatic carbocycles. The summed E-state index contributed by atoms with van der Waals surface area (Å²) in [6, 6.07) is 10.5. The molecule has 3 rings (SSSR count). The van der Waals surface area contributed by atoms with Crippen LogP contribution in [0.5, 0.6) is 5.75 Å². The van der Waals surface area contributed by atoms with E-state index < -0.39 is 10.0 Å². The molecule has 3 aromatic rings. The maximum Gasteiger partial charge on any atom is 0.269 e. The van der Waals surface area contributed by atoms with Gasteiger partial charge in [0.25, 0.3) is 10.0 Å². The average molecular weight is 316 g/mol. The molecule has 0 atom stereocenters. The van der Waals surface area contributed by atoms with Crippen LogP contribution < -0.4 is 4.74 Å². The van der Waals surface area contributed by atoms with Crippen LogP contribution >= 0.6 is 0 Å². The van der Waals surface area contributed by atoms with Gasteiger partial charge in [-0.25, -0.2) is 17.4 Å². The number of fused-ring (bicyclic) bond motifs is 1. The second kappa shape index (κ2) is 5.14. The van der Waals surface area contributed by atoms with Gasteiger partial charge in [-0.1, -0.05) is 12.1 Å². The van der Waals surface area contributed by atoms with Crippen molar-refractivity contribution in [2.45, 2.75) is 18.7 Å². The number of nitrogens with zero attached hydrogens (tertiary/aromatic N) is 2. The lowest BCUT2D eigenvalue weighted by Crippen LogP contribution is -2.13. The van der Waals surface area contributed by atoms with E-state index in [-0.39, 0.29) is 4.90 Å². The summed E-state index contributed by atoms with van der Waals surface area (Å²) in [4.78, 5) is 4.41. The van der Waals surface area contributed by atoms with Gasteiger partial charge in [0.15, 0.2) is 0 Å². The molecule has 6 heteroatoms. The minimum absolute atomic E-state index is 0.258. The van der Waals surface area contributed by atoms with Crippen LogP contribution in [-0.4, -0.2) is 24.5 Å². The quantitative estimate of drug-likeness (QED) is 0.745. The number of para-hydroxylation sites is 2. The Morgan fingerprint density at radius 3 is 2.55 bits per heavy atom. The lowest BCUT2D eigenvalue weighted by atomic mass is 10.1. The van der Waals surface area contributed by atoms with Gasteiger partial charge >= 0.3 is 0 Å². The van der Waals surface area contributed by atoms with Crippen molar-refractivity contribution in [2.75, 3.05) is 7.11 Å². The molecule has 0 radical (unpaired) electrons. The van der Waals surface area contributed by atoms with Crippen LogP contribution in [0.4, 0.5) is 0 Å². The predicted molar refractivity (Wildman–Crippen MR) is 84.8 cm³/mol. The van der Waals surface area contributed by atoms with Gasteiger partial charge in [0, 0.05) is 0 Å². The molecule has 0 fully saturated rings. The van der Waals surface area contributed by atoms with Crippen LogP contribution in [0.1, 0.15) is 11.1 Å². The minimum Gasteiger partial charge on any atom is -0.496 e. The summed E-state index contributed by atoms with van der Waals surface area (Å²) in [6.07, 6.45) is 1.35.